The number of methoxy groups -OCH3 is 1. The number of hydrogen-bond acceptors (Lipinski definition) is 7. The molecule has 2 heterocycles. The highest BCUT2D eigenvalue weighted by molar-refractivity contribution is 9.10. The van der Waals surface area contributed by atoms with Gasteiger partial charge < -0.3 is 10.5 Å². The second-order valence-corrected chi connectivity index (χ2v) is 8.30. The lowest BCUT2D eigenvalue weighted by Crippen LogP contribution is -2.48. The van der Waals surface area contributed by atoms with Gasteiger partial charge in [-0.1, -0.05) is 15.9 Å². The number of nitrogens with two attached hydrogens (primary N) is 1. The van der Waals surface area contributed by atoms with Crippen LogP contribution >= 0.6 is 15.9 Å². The van der Waals surface area contributed by atoms with E-state index in [0.717, 1.165) is 4.47 Å². The van der Waals surface area contributed by atoms with Crippen LogP contribution < -0.4 is 15.9 Å². The first kappa shape index (κ1) is 21.6. The van der Waals surface area contributed by atoms with Gasteiger partial charge in [0.25, 0.3) is 5.91 Å². The summed E-state index contributed by atoms with van der Waals surface area (Å²) in [5.41, 5.74) is 11.4. The normalized spacial score (nSPS) is 18.2. The zero-order valence-corrected chi connectivity index (χ0v) is 18.8. The standard InChI is InChI=1S/C23H20BrN5O3/c1-32-19-8-7-14(24)10-15(19)20-16(11-25)22(26)29(17-5-2-6-18(30)21(17)20)28-23(31)13-4-3-9-27-12-13/h3-4,7-10,12,20H,2,5-6,26H2,1H3,(H,28,31). The van der Waals surface area contributed by atoms with Crippen LogP contribution in [0.2, 0.25) is 0 Å². The van der Waals surface area contributed by atoms with Crippen LogP contribution in [0.3, 0.4) is 0 Å². The fourth-order valence-corrected chi connectivity index (χ4v) is 4.50. The molecule has 4 rings (SSSR count). The summed E-state index contributed by atoms with van der Waals surface area (Å²) in [5.74, 6) is -0.607. The molecule has 1 aromatic heterocycles. The number of carbonyl (C=O) groups excluding carboxylic acids is 2. The second kappa shape index (κ2) is 8.85. The molecule has 0 saturated carbocycles. The van der Waals surface area contributed by atoms with Gasteiger partial charge in [-0.05, 0) is 43.2 Å². The average Bonchev–Trinajstić information content (AvgIpc) is 2.81. The molecule has 0 spiro atoms. The van der Waals surface area contributed by atoms with Gasteiger partial charge in [0.1, 0.15) is 11.6 Å². The zero-order valence-electron chi connectivity index (χ0n) is 17.3. The van der Waals surface area contributed by atoms with Crippen molar-refractivity contribution in [1.29, 1.82) is 5.26 Å². The van der Waals surface area contributed by atoms with Crippen LogP contribution in [0.15, 0.2) is 69.9 Å². The minimum atomic E-state index is -0.693. The highest BCUT2D eigenvalue weighted by Crippen LogP contribution is 2.47. The van der Waals surface area contributed by atoms with Crippen LogP contribution in [0.5, 0.6) is 5.75 Å². The van der Waals surface area contributed by atoms with Crippen molar-refractivity contribution in [2.24, 2.45) is 5.73 Å². The molecule has 3 N–H and O–H groups in total. The number of hydrazine groups is 1. The van der Waals surface area contributed by atoms with Crippen molar-refractivity contribution in [3.8, 4) is 11.8 Å². The fraction of sp³-hybridized carbons (Fsp3) is 0.217. The van der Waals surface area contributed by atoms with Gasteiger partial charge in [0.05, 0.1) is 30.2 Å². The highest BCUT2D eigenvalue weighted by Gasteiger charge is 2.41. The van der Waals surface area contributed by atoms with Crippen molar-refractivity contribution in [3.63, 3.8) is 0 Å². The third kappa shape index (κ3) is 3.74. The number of nitrogens with zero attached hydrogens (tertiary/aromatic N) is 3. The van der Waals surface area contributed by atoms with Crippen LogP contribution in [0.4, 0.5) is 0 Å². The first-order chi connectivity index (χ1) is 15.5. The van der Waals surface area contributed by atoms with E-state index in [-0.39, 0.29) is 17.2 Å². The summed E-state index contributed by atoms with van der Waals surface area (Å²) < 4.78 is 6.31. The van der Waals surface area contributed by atoms with Gasteiger partial charge in [-0.15, -0.1) is 0 Å². The van der Waals surface area contributed by atoms with Crippen molar-refractivity contribution >= 4 is 27.6 Å². The average molecular weight is 494 g/mol. The number of pyridine rings is 1. The van der Waals surface area contributed by atoms with Crippen LogP contribution in [0, 0.1) is 11.3 Å². The number of nitriles is 1. The Kier molecular flexibility index (Phi) is 5.97. The van der Waals surface area contributed by atoms with Crippen molar-refractivity contribution in [2.45, 2.75) is 25.2 Å². The number of hydrogen-bond donors (Lipinski definition) is 2. The third-order valence-electron chi connectivity index (χ3n) is 5.55. The Hall–Kier alpha value is -3.64. The van der Waals surface area contributed by atoms with Gasteiger partial charge in [0.2, 0.25) is 0 Å². The molecule has 1 aromatic carbocycles. The summed E-state index contributed by atoms with van der Waals surface area (Å²) in [6.07, 6.45) is 4.50. The zero-order chi connectivity index (χ0) is 22.8. The molecular weight excluding hydrogens is 474 g/mol. The van der Waals surface area contributed by atoms with E-state index in [9.17, 15) is 14.9 Å². The lowest BCUT2D eigenvalue weighted by atomic mass is 9.76. The molecule has 1 atom stereocenters. The van der Waals surface area contributed by atoms with E-state index in [1.165, 1.54) is 18.3 Å². The Balaban J connectivity index is 1.87. The van der Waals surface area contributed by atoms with E-state index >= 15 is 0 Å². The molecule has 2 aromatic rings. The van der Waals surface area contributed by atoms with Gasteiger partial charge in [-0.3, -0.25) is 20.0 Å². The number of nitrogens with one attached hydrogen (secondary N) is 1. The van der Waals surface area contributed by atoms with Crippen molar-refractivity contribution in [1.82, 2.24) is 15.4 Å². The van der Waals surface area contributed by atoms with E-state index in [1.54, 1.807) is 24.4 Å². The molecule has 1 aliphatic carbocycles. The number of Topliss-reactive ketones (excluding diaryl/α,β-unsaturated/α-hetero) is 1. The van der Waals surface area contributed by atoms with Crippen LogP contribution in [0.25, 0.3) is 0 Å². The quantitative estimate of drug-likeness (QED) is 0.669. The number of aromatic nitrogens is 1. The molecule has 0 fully saturated rings. The summed E-state index contributed by atoms with van der Waals surface area (Å²) in [6, 6.07) is 10.8. The van der Waals surface area contributed by atoms with Gasteiger partial charge in [0, 0.05) is 40.1 Å². The number of allylic oxidation sites excluding steroid dienone is 3. The molecule has 9 heteroatoms. The molecule has 2 aliphatic rings. The fourth-order valence-electron chi connectivity index (χ4n) is 4.12. The molecule has 32 heavy (non-hydrogen) atoms. The predicted octanol–water partition coefficient (Wildman–Crippen LogP) is 3.30. The minimum Gasteiger partial charge on any atom is -0.496 e. The minimum absolute atomic E-state index is 0.0743. The molecule has 0 radical (unpaired) electrons. The van der Waals surface area contributed by atoms with E-state index in [4.69, 9.17) is 10.5 Å². The van der Waals surface area contributed by atoms with Crippen molar-refractivity contribution in [3.05, 3.63) is 81.0 Å². The smallest absolute Gasteiger partial charge is 0.271 e. The van der Waals surface area contributed by atoms with Crippen LogP contribution in [0.1, 0.15) is 41.1 Å². The Morgan fingerprint density at radius 1 is 1.38 bits per heavy atom. The molecule has 8 nitrogen and oxygen atoms in total. The summed E-state index contributed by atoms with van der Waals surface area (Å²) in [5, 5.41) is 11.4. The van der Waals surface area contributed by atoms with Gasteiger partial charge in [-0.25, -0.2) is 5.01 Å². The topological polar surface area (TPSA) is 121 Å². The van der Waals surface area contributed by atoms with Crippen LogP contribution in [-0.2, 0) is 4.79 Å². The summed E-state index contributed by atoms with van der Waals surface area (Å²) >= 11 is 3.46. The van der Waals surface area contributed by atoms with E-state index in [2.05, 4.69) is 32.4 Å². The maximum Gasteiger partial charge on any atom is 0.271 e. The summed E-state index contributed by atoms with van der Waals surface area (Å²) in [7, 11) is 1.53. The molecule has 0 bridgehead atoms. The monoisotopic (exact) mass is 493 g/mol. The number of carbonyl (C=O) groups is 2. The lowest BCUT2D eigenvalue weighted by Gasteiger charge is -2.39. The maximum atomic E-state index is 13.1. The number of benzene rings is 1. The summed E-state index contributed by atoms with van der Waals surface area (Å²) in [4.78, 5) is 29.9. The highest BCUT2D eigenvalue weighted by atomic mass is 79.9. The molecule has 1 unspecified atom stereocenters. The second-order valence-electron chi connectivity index (χ2n) is 7.39. The predicted molar refractivity (Wildman–Crippen MR) is 120 cm³/mol. The van der Waals surface area contributed by atoms with Crippen LogP contribution in [-0.4, -0.2) is 28.8 Å². The Morgan fingerprint density at radius 2 is 2.19 bits per heavy atom. The Bertz CT molecular complexity index is 1200. The molecule has 1 aliphatic heterocycles. The third-order valence-corrected chi connectivity index (χ3v) is 6.05. The largest absolute Gasteiger partial charge is 0.496 e. The van der Waals surface area contributed by atoms with E-state index in [1.807, 2.05) is 12.1 Å². The van der Waals surface area contributed by atoms with E-state index < -0.39 is 11.8 Å². The van der Waals surface area contributed by atoms with Crippen molar-refractivity contribution in [2.75, 3.05) is 7.11 Å². The number of ketones is 1. The first-order valence-corrected chi connectivity index (χ1v) is 10.8. The Labute approximate surface area is 193 Å². The van der Waals surface area contributed by atoms with Crippen molar-refractivity contribution < 1.29 is 14.3 Å². The molecule has 0 saturated heterocycles. The number of halogens is 1. The molecule has 1 amide bonds. The van der Waals surface area contributed by atoms with E-state index in [0.29, 0.717) is 47.4 Å². The molecular formula is C23H20BrN5O3. The van der Waals surface area contributed by atoms with Gasteiger partial charge >= 0.3 is 0 Å². The lowest BCUT2D eigenvalue weighted by molar-refractivity contribution is -0.116. The number of rotatable bonds is 4. The van der Waals surface area contributed by atoms with Gasteiger partial charge in [-0.2, -0.15) is 5.26 Å². The summed E-state index contributed by atoms with van der Waals surface area (Å²) in [6.45, 7) is 0. The maximum absolute atomic E-state index is 13.1. The number of ether oxygens (including phenoxy) is 1. The Morgan fingerprint density at radius 3 is 2.88 bits per heavy atom. The SMILES string of the molecule is COc1ccc(Br)cc1C1C(C#N)=C(N)N(NC(=O)c2cccnc2)C2=C1C(=O)CCC2. The number of amides is 1. The first-order valence-electron chi connectivity index (χ1n) is 9.96. The molecule has 162 valence electrons. The van der Waals surface area contributed by atoms with Gasteiger partial charge in [0.15, 0.2) is 5.78 Å².